The van der Waals surface area contributed by atoms with Gasteiger partial charge in [0.05, 0.1) is 17.1 Å². The van der Waals surface area contributed by atoms with Gasteiger partial charge in [-0.25, -0.2) is 13.6 Å². The molecule has 0 aliphatic rings. The summed E-state index contributed by atoms with van der Waals surface area (Å²) in [6.07, 6.45) is 0. The van der Waals surface area contributed by atoms with Gasteiger partial charge >= 0.3 is 5.97 Å². The molecule has 0 radical (unpaired) electrons. The second-order valence-corrected chi connectivity index (χ2v) is 5.49. The molecule has 0 unspecified atom stereocenters. The average Bonchev–Trinajstić information content (AvgIpc) is 2.51. The topological polar surface area (TPSA) is 64.6 Å². The minimum Gasteiger partial charge on any atom is -0.483 e. The number of benzene rings is 2. The number of carbonyl (C=O) groups excluding carboxylic acids is 2. The minimum atomic E-state index is -0.799. The smallest absolute Gasteiger partial charge is 0.337 e. The molecular weight excluding hydrogens is 388 g/mol. The number of anilines is 1. The first-order chi connectivity index (χ1) is 11.4. The lowest BCUT2D eigenvalue weighted by molar-refractivity contribution is -0.118. The van der Waals surface area contributed by atoms with Gasteiger partial charge in [-0.2, -0.15) is 0 Å². The predicted octanol–water partition coefficient (Wildman–Crippen LogP) is 3.53. The van der Waals surface area contributed by atoms with Crippen LogP contribution in [-0.2, 0) is 9.53 Å². The van der Waals surface area contributed by atoms with E-state index in [0.717, 1.165) is 12.1 Å². The lowest BCUT2D eigenvalue weighted by Crippen LogP contribution is -2.20. The molecule has 0 saturated heterocycles. The number of ether oxygens (including phenoxy) is 2. The predicted molar refractivity (Wildman–Crippen MR) is 86.0 cm³/mol. The summed E-state index contributed by atoms with van der Waals surface area (Å²) in [4.78, 5) is 23.2. The number of rotatable bonds is 5. The van der Waals surface area contributed by atoms with Crippen molar-refractivity contribution >= 4 is 33.5 Å². The first-order valence-corrected chi connectivity index (χ1v) is 7.45. The van der Waals surface area contributed by atoms with Crippen LogP contribution < -0.4 is 10.1 Å². The summed E-state index contributed by atoms with van der Waals surface area (Å²) in [5, 5.41) is 2.32. The molecule has 5 nitrogen and oxygen atoms in total. The second-order valence-electron chi connectivity index (χ2n) is 4.63. The van der Waals surface area contributed by atoms with Crippen molar-refractivity contribution in [1.29, 1.82) is 0 Å². The number of esters is 1. The Bertz CT molecular complexity index is 762. The van der Waals surface area contributed by atoms with E-state index in [1.165, 1.54) is 25.3 Å². The standard InChI is InChI=1S/C16H12BrF2NO4/c1-23-16(22)9-2-3-14(13(17)4-9)24-8-15(21)20-12-6-10(18)5-11(19)7-12/h2-7H,8H2,1H3,(H,20,21). The van der Waals surface area contributed by atoms with Crippen LogP contribution in [0.5, 0.6) is 5.75 Å². The minimum absolute atomic E-state index is 0.0128. The van der Waals surface area contributed by atoms with Crippen LogP contribution in [0.15, 0.2) is 40.9 Å². The molecule has 0 aliphatic heterocycles. The summed E-state index contributed by atoms with van der Waals surface area (Å²) in [7, 11) is 1.26. The Hall–Kier alpha value is -2.48. The van der Waals surface area contributed by atoms with E-state index in [1.54, 1.807) is 0 Å². The highest BCUT2D eigenvalue weighted by molar-refractivity contribution is 9.10. The molecule has 2 aromatic rings. The number of carbonyl (C=O) groups is 2. The van der Waals surface area contributed by atoms with Crippen molar-refractivity contribution in [2.45, 2.75) is 0 Å². The van der Waals surface area contributed by atoms with Gasteiger partial charge < -0.3 is 14.8 Å². The van der Waals surface area contributed by atoms with Gasteiger partial charge in [0, 0.05) is 11.8 Å². The van der Waals surface area contributed by atoms with Gasteiger partial charge in [0.15, 0.2) is 6.61 Å². The monoisotopic (exact) mass is 399 g/mol. The fourth-order valence-electron chi connectivity index (χ4n) is 1.83. The van der Waals surface area contributed by atoms with E-state index in [4.69, 9.17) is 4.74 Å². The van der Waals surface area contributed by atoms with Crippen LogP contribution in [0.25, 0.3) is 0 Å². The van der Waals surface area contributed by atoms with Crippen LogP contribution in [-0.4, -0.2) is 25.6 Å². The van der Waals surface area contributed by atoms with E-state index in [9.17, 15) is 18.4 Å². The van der Waals surface area contributed by atoms with E-state index in [-0.39, 0.29) is 12.3 Å². The Morgan fingerprint density at radius 2 is 1.79 bits per heavy atom. The normalized spacial score (nSPS) is 10.2. The molecule has 2 aromatic carbocycles. The first kappa shape index (κ1) is 17.9. The van der Waals surface area contributed by atoms with Crippen molar-refractivity contribution in [3.63, 3.8) is 0 Å². The molecule has 126 valence electrons. The molecule has 0 aliphatic carbocycles. The van der Waals surface area contributed by atoms with Crippen molar-refractivity contribution in [2.24, 2.45) is 0 Å². The van der Waals surface area contributed by atoms with Gasteiger partial charge in [-0.3, -0.25) is 4.79 Å². The van der Waals surface area contributed by atoms with Crippen LogP contribution in [0.3, 0.4) is 0 Å². The number of hydrogen-bond acceptors (Lipinski definition) is 4. The fraction of sp³-hybridized carbons (Fsp3) is 0.125. The van der Waals surface area contributed by atoms with E-state index in [2.05, 4.69) is 26.0 Å². The van der Waals surface area contributed by atoms with E-state index < -0.39 is 23.5 Å². The van der Waals surface area contributed by atoms with Crippen LogP contribution in [0.2, 0.25) is 0 Å². The first-order valence-electron chi connectivity index (χ1n) is 6.65. The molecule has 0 saturated carbocycles. The van der Waals surface area contributed by atoms with Gasteiger partial charge in [0.1, 0.15) is 17.4 Å². The molecule has 0 aromatic heterocycles. The Labute approximate surface area is 144 Å². The van der Waals surface area contributed by atoms with Crippen LogP contribution in [0.1, 0.15) is 10.4 Å². The maximum atomic E-state index is 13.0. The lowest BCUT2D eigenvalue weighted by atomic mass is 10.2. The lowest BCUT2D eigenvalue weighted by Gasteiger charge is -2.10. The summed E-state index contributed by atoms with van der Waals surface area (Å²) in [5.74, 6) is -2.37. The van der Waals surface area contributed by atoms with Crippen LogP contribution >= 0.6 is 15.9 Å². The van der Waals surface area contributed by atoms with Crippen molar-refractivity contribution in [3.05, 3.63) is 58.1 Å². The summed E-state index contributed by atoms with van der Waals surface area (Å²) in [5.41, 5.74) is 0.303. The van der Waals surface area contributed by atoms with Crippen molar-refractivity contribution < 1.29 is 27.8 Å². The molecule has 8 heteroatoms. The zero-order valence-electron chi connectivity index (χ0n) is 12.4. The third-order valence-corrected chi connectivity index (χ3v) is 3.48. The molecule has 1 amide bonds. The zero-order chi connectivity index (χ0) is 17.7. The summed E-state index contributed by atoms with van der Waals surface area (Å²) in [6, 6.07) is 7.13. The molecule has 0 heterocycles. The second kappa shape index (κ2) is 7.87. The number of nitrogens with one attached hydrogen (secondary N) is 1. The van der Waals surface area contributed by atoms with E-state index in [1.807, 2.05) is 0 Å². The van der Waals surface area contributed by atoms with E-state index in [0.29, 0.717) is 21.9 Å². The van der Waals surface area contributed by atoms with Crippen molar-refractivity contribution in [1.82, 2.24) is 0 Å². The van der Waals surface area contributed by atoms with Crippen molar-refractivity contribution in [2.75, 3.05) is 19.0 Å². The zero-order valence-corrected chi connectivity index (χ0v) is 14.0. The highest BCUT2D eigenvalue weighted by Gasteiger charge is 2.11. The van der Waals surface area contributed by atoms with Gasteiger partial charge in [-0.15, -0.1) is 0 Å². The highest BCUT2D eigenvalue weighted by atomic mass is 79.9. The van der Waals surface area contributed by atoms with Crippen LogP contribution in [0, 0.1) is 11.6 Å². The summed E-state index contributed by atoms with van der Waals surface area (Å²) < 4.78 is 36.4. The molecule has 0 fully saturated rings. The number of hydrogen-bond donors (Lipinski definition) is 1. The molecular formula is C16H12BrF2NO4. The molecule has 24 heavy (non-hydrogen) atoms. The largest absolute Gasteiger partial charge is 0.483 e. The summed E-state index contributed by atoms with van der Waals surface area (Å²) >= 11 is 3.22. The average molecular weight is 400 g/mol. The third kappa shape index (κ3) is 4.76. The highest BCUT2D eigenvalue weighted by Crippen LogP contribution is 2.26. The Balaban J connectivity index is 1.97. The molecule has 0 bridgehead atoms. The molecule has 2 rings (SSSR count). The Morgan fingerprint density at radius 3 is 2.38 bits per heavy atom. The number of halogens is 3. The van der Waals surface area contributed by atoms with Gasteiger partial charge in [0.2, 0.25) is 0 Å². The maximum Gasteiger partial charge on any atom is 0.337 e. The van der Waals surface area contributed by atoms with Gasteiger partial charge in [0.25, 0.3) is 5.91 Å². The SMILES string of the molecule is COC(=O)c1ccc(OCC(=O)Nc2cc(F)cc(F)c2)c(Br)c1. The van der Waals surface area contributed by atoms with Crippen LogP contribution in [0.4, 0.5) is 14.5 Å². The van der Waals surface area contributed by atoms with Gasteiger partial charge in [-0.05, 0) is 46.3 Å². The van der Waals surface area contributed by atoms with E-state index >= 15 is 0 Å². The Kier molecular flexibility index (Phi) is 5.86. The number of methoxy groups -OCH3 is 1. The van der Waals surface area contributed by atoms with Crippen molar-refractivity contribution in [3.8, 4) is 5.75 Å². The maximum absolute atomic E-state index is 13.0. The fourth-order valence-corrected chi connectivity index (χ4v) is 2.32. The Morgan fingerprint density at radius 1 is 1.12 bits per heavy atom. The molecule has 1 N–H and O–H groups in total. The third-order valence-electron chi connectivity index (χ3n) is 2.86. The number of amides is 1. The van der Waals surface area contributed by atoms with Gasteiger partial charge in [-0.1, -0.05) is 0 Å². The molecule has 0 spiro atoms. The molecule has 0 atom stereocenters. The summed E-state index contributed by atoms with van der Waals surface area (Å²) in [6.45, 7) is -0.381. The quantitative estimate of drug-likeness (QED) is 0.781.